The molecule has 0 N–H and O–H groups in total. The first-order chi connectivity index (χ1) is 5.68. The molecule has 1 aromatic heterocycles. The van der Waals surface area contributed by atoms with Gasteiger partial charge in [0.05, 0.1) is 17.8 Å². The van der Waals surface area contributed by atoms with Gasteiger partial charge in [-0.25, -0.2) is 4.98 Å². The zero-order chi connectivity index (χ0) is 8.72. The molecule has 1 aliphatic heterocycles. The number of aromatic nitrogens is 1. The second-order valence-corrected chi connectivity index (χ2v) is 3.60. The Morgan fingerprint density at radius 1 is 1.58 bits per heavy atom. The fraction of sp³-hybridized carbons (Fsp3) is 0.250. The summed E-state index contributed by atoms with van der Waals surface area (Å²) in [5.74, 6) is 0.0602. The van der Waals surface area contributed by atoms with Crippen molar-refractivity contribution in [1.82, 2.24) is 9.88 Å². The molecule has 12 heavy (non-hydrogen) atoms. The summed E-state index contributed by atoms with van der Waals surface area (Å²) in [6.07, 6.45) is 0. The SMILES string of the molecule is CN1Cc2nc(Br)ccc2C1=O. The quantitative estimate of drug-likeness (QED) is 0.628. The third-order valence-corrected chi connectivity index (χ3v) is 2.35. The minimum Gasteiger partial charge on any atom is -0.336 e. The number of nitrogens with zero attached hydrogens (tertiary/aromatic N) is 2. The van der Waals surface area contributed by atoms with Crippen molar-refractivity contribution < 1.29 is 4.79 Å². The van der Waals surface area contributed by atoms with E-state index in [-0.39, 0.29) is 5.91 Å². The van der Waals surface area contributed by atoms with Gasteiger partial charge in [0.15, 0.2) is 0 Å². The Balaban J connectivity index is 2.54. The highest BCUT2D eigenvalue weighted by Gasteiger charge is 2.25. The topological polar surface area (TPSA) is 33.2 Å². The van der Waals surface area contributed by atoms with Gasteiger partial charge in [-0.3, -0.25) is 4.79 Å². The van der Waals surface area contributed by atoms with Crippen molar-refractivity contribution in [3.63, 3.8) is 0 Å². The molecule has 1 aromatic rings. The van der Waals surface area contributed by atoms with Crippen LogP contribution in [0, 0.1) is 0 Å². The van der Waals surface area contributed by atoms with Crippen LogP contribution in [-0.2, 0) is 6.54 Å². The van der Waals surface area contributed by atoms with Crippen molar-refractivity contribution in [1.29, 1.82) is 0 Å². The summed E-state index contributed by atoms with van der Waals surface area (Å²) >= 11 is 3.26. The molecule has 0 saturated heterocycles. The Morgan fingerprint density at radius 2 is 2.33 bits per heavy atom. The number of carbonyl (C=O) groups is 1. The number of pyridine rings is 1. The number of fused-ring (bicyclic) bond motifs is 1. The third-order valence-electron chi connectivity index (χ3n) is 1.90. The van der Waals surface area contributed by atoms with Gasteiger partial charge in [-0.2, -0.15) is 0 Å². The lowest BCUT2D eigenvalue weighted by atomic mass is 10.2. The summed E-state index contributed by atoms with van der Waals surface area (Å²) in [6, 6.07) is 3.59. The number of carbonyl (C=O) groups excluding carboxylic acids is 1. The monoisotopic (exact) mass is 226 g/mol. The summed E-state index contributed by atoms with van der Waals surface area (Å²) in [6.45, 7) is 0.619. The van der Waals surface area contributed by atoms with Crippen LogP contribution in [0.5, 0.6) is 0 Å². The van der Waals surface area contributed by atoms with Gasteiger partial charge in [-0.05, 0) is 28.1 Å². The van der Waals surface area contributed by atoms with Crippen LogP contribution in [-0.4, -0.2) is 22.8 Å². The molecule has 0 saturated carbocycles. The molecule has 0 bridgehead atoms. The standard InChI is InChI=1S/C8H7BrN2O/c1-11-4-6-5(8(11)12)2-3-7(9)10-6/h2-3H,4H2,1H3. The molecule has 0 aliphatic carbocycles. The second kappa shape index (κ2) is 2.55. The highest BCUT2D eigenvalue weighted by molar-refractivity contribution is 9.10. The molecular weight excluding hydrogens is 220 g/mol. The molecular formula is C8H7BrN2O. The van der Waals surface area contributed by atoms with E-state index in [0.29, 0.717) is 6.54 Å². The van der Waals surface area contributed by atoms with Gasteiger partial charge in [0.25, 0.3) is 5.91 Å². The zero-order valence-electron chi connectivity index (χ0n) is 6.54. The van der Waals surface area contributed by atoms with Gasteiger partial charge in [-0.15, -0.1) is 0 Å². The van der Waals surface area contributed by atoms with Crippen molar-refractivity contribution in [2.45, 2.75) is 6.54 Å². The van der Waals surface area contributed by atoms with E-state index in [2.05, 4.69) is 20.9 Å². The molecule has 2 heterocycles. The van der Waals surface area contributed by atoms with E-state index in [1.807, 2.05) is 0 Å². The van der Waals surface area contributed by atoms with E-state index in [0.717, 1.165) is 15.9 Å². The fourth-order valence-corrected chi connectivity index (χ4v) is 1.64. The normalized spacial score (nSPS) is 15.2. The van der Waals surface area contributed by atoms with Crippen LogP contribution in [0.4, 0.5) is 0 Å². The minimum absolute atomic E-state index is 0.0602. The highest BCUT2D eigenvalue weighted by Crippen LogP contribution is 2.21. The van der Waals surface area contributed by atoms with E-state index in [1.54, 1.807) is 24.1 Å². The van der Waals surface area contributed by atoms with Crippen LogP contribution in [0.25, 0.3) is 0 Å². The van der Waals surface area contributed by atoms with Gasteiger partial charge in [0.2, 0.25) is 0 Å². The van der Waals surface area contributed by atoms with Gasteiger partial charge in [0, 0.05) is 7.05 Å². The number of amides is 1. The van der Waals surface area contributed by atoms with Crippen LogP contribution in [0.15, 0.2) is 16.7 Å². The van der Waals surface area contributed by atoms with Crippen LogP contribution in [0.2, 0.25) is 0 Å². The summed E-state index contributed by atoms with van der Waals surface area (Å²) in [7, 11) is 1.78. The number of halogens is 1. The molecule has 0 radical (unpaired) electrons. The molecule has 62 valence electrons. The minimum atomic E-state index is 0.0602. The first-order valence-electron chi connectivity index (χ1n) is 3.59. The Hall–Kier alpha value is -0.900. The maximum absolute atomic E-state index is 11.4. The maximum atomic E-state index is 11.4. The van der Waals surface area contributed by atoms with E-state index in [9.17, 15) is 4.79 Å². The molecule has 0 atom stereocenters. The molecule has 2 rings (SSSR count). The van der Waals surface area contributed by atoms with Gasteiger partial charge < -0.3 is 4.90 Å². The van der Waals surface area contributed by atoms with E-state index >= 15 is 0 Å². The Labute approximate surface area is 78.5 Å². The van der Waals surface area contributed by atoms with Crippen molar-refractivity contribution in [2.24, 2.45) is 0 Å². The fourth-order valence-electron chi connectivity index (χ4n) is 1.29. The molecule has 0 unspecified atom stereocenters. The van der Waals surface area contributed by atoms with Gasteiger partial charge in [0.1, 0.15) is 4.60 Å². The van der Waals surface area contributed by atoms with Crippen LogP contribution < -0.4 is 0 Å². The molecule has 4 heteroatoms. The molecule has 0 spiro atoms. The van der Waals surface area contributed by atoms with Gasteiger partial charge in [-0.1, -0.05) is 0 Å². The van der Waals surface area contributed by atoms with E-state index in [1.165, 1.54) is 0 Å². The predicted molar refractivity (Wildman–Crippen MR) is 47.7 cm³/mol. The average Bonchev–Trinajstić information content (AvgIpc) is 2.28. The number of rotatable bonds is 0. The highest BCUT2D eigenvalue weighted by atomic mass is 79.9. The van der Waals surface area contributed by atoms with Crippen molar-refractivity contribution in [3.8, 4) is 0 Å². The Bertz CT molecular complexity index is 351. The van der Waals surface area contributed by atoms with Crippen LogP contribution in [0.3, 0.4) is 0 Å². The summed E-state index contributed by atoms with van der Waals surface area (Å²) in [5, 5.41) is 0. The lowest BCUT2D eigenvalue weighted by molar-refractivity contribution is 0.0816. The maximum Gasteiger partial charge on any atom is 0.255 e. The van der Waals surface area contributed by atoms with E-state index in [4.69, 9.17) is 0 Å². The summed E-state index contributed by atoms with van der Waals surface area (Å²) in [5.41, 5.74) is 1.58. The molecule has 0 fully saturated rings. The zero-order valence-corrected chi connectivity index (χ0v) is 8.13. The van der Waals surface area contributed by atoms with Crippen LogP contribution in [0.1, 0.15) is 16.1 Å². The molecule has 1 aliphatic rings. The lowest BCUT2D eigenvalue weighted by Crippen LogP contribution is -2.17. The average molecular weight is 227 g/mol. The summed E-state index contributed by atoms with van der Waals surface area (Å²) in [4.78, 5) is 17.2. The Morgan fingerprint density at radius 3 is 3.08 bits per heavy atom. The molecule has 0 aromatic carbocycles. The predicted octanol–water partition coefficient (Wildman–Crippen LogP) is 1.43. The van der Waals surface area contributed by atoms with Crippen molar-refractivity contribution in [3.05, 3.63) is 28.0 Å². The van der Waals surface area contributed by atoms with Crippen LogP contribution >= 0.6 is 15.9 Å². The molecule has 3 nitrogen and oxygen atoms in total. The van der Waals surface area contributed by atoms with Gasteiger partial charge >= 0.3 is 0 Å². The first kappa shape index (κ1) is 7.73. The Kier molecular flexibility index (Phi) is 1.65. The van der Waals surface area contributed by atoms with Crippen molar-refractivity contribution >= 4 is 21.8 Å². The smallest absolute Gasteiger partial charge is 0.255 e. The lowest BCUT2D eigenvalue weighted by Gasteiger charge is -2.03. The molecule has 1 amide bonds. The number of hydrogen-bond acceptors (Lipinski definition) is 2. The largest absolute Gasteiger partial charge is 0.336 e. The van der Waals surface area contributed by atoms with Crippen molar-refractivity contribution in [2.75, 3.05) is 7.05 Å². The summed E-state index contributed by atoms with van der Waals surface area (Å²) < 4.78 is 0.782. The van der Waals surface area contributed by atoms with E-state index < -0.39 is 0 Å². The second-order valence-electron chi connectivity index (χ2n) is 2.79. The first-order valence-corrected chi connectivity index (χ1v) is 4.38. The number of hydrogen-bond donors (Lipinski definition) is 0. The third kappa shape index (κ3) is 1.03.